The quantitative estimate of drug-likeness (QED) is 0.500. The number of nitrogens with zero attached hydrogens (tertiary/aromatic N) is 2. The number of halogens is 1. The van der Waals surface area contributed by atoms with Crippen LogP contribution in [0.25, 0.3) is 0 Å². The molecule has 0 aliphatic heterocycles. The highest BCUT2D eigenvalue weighted by atomic mass is 19.1. The lowest BCUT2D eigenvalue weighted by Crippen LogP contribution is -2.40. The molecule has 166 valence electrons. The molecule has 2 unspecified atom stereocenters. The van der Waals surface area contributed by atoms with Gasteiger partial charge in [-0.25, -0.2) is 14.2 Å². The molecule has 0 radical (unpaired) electrons. The van der Waals surface area contributed by atoms with E-state index in [4.69, 9.17) is 9.15 Å². The molecular formula is C25H26FN3O3. The number of amides is 2. The Hall–Kier alpha value is -3.35. The number of pyridine rings is 1. The van der Waals surface area contributed by atoms with Crippen molar-refractivity contribution in [2.45, 2.75) is 51.2 Å². The van der Waals surface area contributed by atoms with E-state index >= 15 is 0 Å². The molecule has 2 aromatic heterocycles. The standard InChI is InChI=1S/C25H26FN3O3/c1-16-12-22(16)23-10-9-21(31-23)15-29(19-7-8-19)25(30)28-14-17-4-3-11-27-24(17)32-20-6-2-5-18(26)13-20/h2-6,9-11,13,16,19,22H,7-8,12,14-15H2,1H3,(H,28,30). The number of hydrogen-bond acceptors (Lipinski definition) is 4. The minimum atomic E-state index is -0.384. The summed E-state index contributed by atoms with van der Waals surface area (Å²) in [5.41, 5.74) is 0.712. The Bertz CT molecular complexity index is 1110. The molecule has 32 heavy (non-hydrogen) atoms. The number of furan rings is 1. The predicted octanol–water partition coefficient (Wildman–Crippen LogP) is 5.60. The van der Waals surface area contributed by atoms with E-state index in [0.29, 0.717) is 35.6 Å². The van der Waals surface area contributed by atoms with Gasteiger partial charge in [0.15, 0.2) is 0 Å². The number of benzene rings is 1. The smallest absolute Gasteiger partial charge is 0.318 e. The number of ether oxygens (including phenoxy) is 1. The highest BCUT2D eigenvalue weighted by molar-refractivity contribution is 5.75. The van der Waals surface area contributed by atoms with Crippen LogP contribution in [-0.2, 0) is 13.1 Å². The molecule has 2 heterocycles. The second kappa shape index (κ2) is 8.65. The third-order valence-electron chi connectivity index (χ3n) is 6.02. The average molecular weight is 435 g/mol. The van der Waals surface area contributed by atoms with E-state index in [1.165, 1.54) is 18.6 Å². The van der Waals surface area contributed by atoms with Gasteiger partial charge in [0, 0.05) is 36.3 Å². The van der Waals surface area contributed by atoms with E-state index < -0.39 is 0 Å². The van der Waals surface area contributed by atoms with Crippen molar-refractivity contribution in [1.82, 2.24) is 15.2 Å². The molecule has 0 spiro atoms. The van der Waals surface area contributed by atoms with Gasteiger partial charge in [-0.15, -0.1) is 0 Å². The van der Waals surface area contributed by atoms with E-state index in [1.807, 2.05) is 23.1 Å². The Morgan fingerprint density at radius 1 is 1.25 bits per heavy atom. The normalized spacial score (nSPS) is 19.4. The highest BCUT2D eigenvalue weighted by Crippen LogP contribution is 2.47. The van der Waals surface area contributed by atoms with E-state index in [2.05, 4.69) is 17.2 Å². The third kappa shape index (κ3) is 4.77. The lowest BCUT2D eigenvalue weighted by atomic mass is 10.2. The summed E-state index contributed by atoms with van der Waals surface area (Å²) in [7, 11) is 0. The molecule has 7 heteroatoms. The summed E-state index contributed by atoms with van der Waals surface area (Å²) in [6, 6.07) is 13.6. The van der Waals surface area contributed by atoms with Crippen LogP contribution in [0.5, 0.6) is 11.6 Å². The molecule has 0 bridgehead atoms. The maximum absolute atomic E-state index is 13.5. The molecule has 2 aliphatic carbocycles. The zero-order valence-electron chi connectivity index (χ0n) is 18.0. The van der Waals surface area contributed by atoms with Gasteiger partial charge in [0.25, 0.3) is 0 Å². The van der Waals surface area contributed by atoms with Crippen LogP contribution in [0, 0.1) is 11.7 Å². The number of carbonyl (C=O) groups excluding carboxylic acids is 1. The van der Waals surface area contributed by atoms with Crippen molar-refractivity contribution in [2.75, 3.05) is 0 Å². The van der Waals surface area contributed by atoms with Gasteiger partial charge in [0.1, 0.15) is 23.1 Å². The third-order valence-corrected chi connectivity index (χ3v) is 6.02. The molecule has 2 saturated carbocycles. The molecule has 3 aromatic rings. The lowest BCUT2D eigenvalue weighted by molar-refractivity contribution is 0.186. The van der Waals surface area contributed by atoms with Gasteiger partial charge in [-0.1, -0.05) is 19.1 Å². The van der Waals surface area contributed by atoms with Crippen LogP contribution in [0.1, 0.15) is 49.2 Å². The summed E-state index contributed by atoms with van der Waals surface area (Å²) in [4.78, 5) is 19.1. The van der Waals surface area contributed by atoms with Crippen LogP contribution in [0.3, 0.4) is 0 Å². The predicted molar refractivity (Wildman–Crippen MR) is 117 cm³/mol. The lowest BCUT2D eigenvalue weighted by Gasteiger charge is -2.22. The molecule has 6 nitrogen and oxygen atoms in total. The fraction of sp³-hybridized carbons (Fsp3) is 0.360. The summed E-state index contributed by atoms with van der Waals surface area (Å²) in [6.07, 6.45) is 4.78. The Kier molecular flexibility index (Phi) is 5.55. The Labute approximate surface area is 186 Å². The number of hydrogen-bond donors (Lipinski definition) is 1. The van der Waals surface area contributed by atoms with Crippen LogP contribution in [0.4, 0.5) is 9.18 Å². The Morgan fingerprint density at radius 3 is 2.84 bits per heavy atom. The van der Waals surface area contributed by atoms with E-state index in [-0.39, 0.29) is 24.4 Å². The second-order valence-corrected chi connectivity index (χ2v) is 8.67. The van der Waals surface area contributed by atoms with Crippen LogP contribution < -0.4 is 10.1 Å². The van der Waals surface area contributed by atoms with Crippen molar-refractivity contribution in [2.24, 2.45) is 5.92 Å². The molecule has 2 fully saturated rings. The van der Waals surface area contributed by atoms with Gasteiger partial charge in [-0.3, -0.25) is 0 Å². The molecule has 2 aliphatic rings. The summed E-state index contributed by atoms with van der Waals surface area (Å²) in [5, 5.41) is 2.98. The fourth-order valence-corrected chi connectivity index (χ4v) is 3.88. The minimum absolute atomic E-state index is 0.147. The van der Waals surface area contributed by atoms with Crippen molar-refractivity contribution in [3.63, 3.8) is 0 Å². The van der Waals surface area contributed by atoms with E-state index in [0.717, 1.165) is 24.4 Å². The largest absolute Gasteiger partial charge is 0.464 e. The maximum Gasteiger partial charge on any atom is 0.318 e. The number of nitrogens with one attached hydrogen (secondary N) is 1. The first-order valence-electron chi connectivity index (χ1n) is 11.1. The molecule has 5 rings (SSSR count). The summed E-state index contributed by atoms with van der Waals surface area (Å²) >= 11 is 0. The highest BCUT2D eigenvalue weighted by Gasteiger charge is 2.37. The second-order valence-electron chi connectivity index (χ2n) is 8.67. The molecule has 2 atom stereocenters. The van der Waals surface area contributed by atoms with Crippen molar-refractivity contribution in [3.8, 4) is 11.6 Å². The van der Waals surface area contributed by atoms with Crippen LogP contribution in [0.15, 0.2) is 59.1 Å². The van der Waals surface area contributed by atoms with E-state index in [1.54, 1.807) is 24.4 Å². The van der Waals surface area contributed by atoms with E-state index in [9.17, 15) is 9.18 Å². The molecular weight excluding hydrogens is 409 g/mol. The average Bonchev–Trinajstić information content (AvgIpc) is 3.71. The number of carbonyl (C=O) groups is 1. The first-order valence-corrected chi connectivity index (χ1v) is 11.1. The van der Waals surface area contributed by atoms with Crippen molar-refractivity contribution in [3.05, 3.63) is 77.6 Å². The zero-order chi connectivity index (χ0) is 22.1. The molecule has 0 saturated heterocycles. The van der Waals surface area contributed by atoms with Gasteiger partial charge >= 0.3 is 6.03 Å². The summed E-state index contributed by atoms with van der Waals surface area (Å²) in [6.45, 7) is 2.93. The van der Waals surface area contributed by atoms with Crippen LogP contribution >= 0.6 is 0 Å². The summed E-state index contributed by atoms with van der Waals surface area (Å²) in [5.74, 6) is 3.36. The minimum Gasteiger partial charge on any atom is -0.464 e. The van der Waals surface area contributed by atoms with Gasteiger partial charge in [-0.05, 0) is 55.5 Å². The van der Waals surface area contributed by atoms with Gasteiger partial charge in [0.05, 0.1) is 6.54 Å². The zero-order valence-corrected chi connectivity index (χ0v) is 18.0. The van der Waals surface area contributed by atoms with Crippen molar-refractivity contribution < 1.29 is 18.3 Å². The van der Waals surface area contributed by atoms with Gasteiger partial charge < -0.3 is 19.4 Å². The number of rotatable bonds is 8. The first kappa shape index (κ1) is 20.5. The molecule has 1 aromatic carbocycles. The molecule has 1 N–H and O–H groups in total. The molecule has 2 amide bonds. The van der Waals surface area contributed by atoms with Crippen LogP contribution in [-0.4, -0.2) is 22.0 Å². The maximum atomic E-state index is 13.5. The fourth-order valence-electron chi connectivity index (χ4n) is 3.88. The van der Waals surface area contributed by atoms with Gasteiger partial charge in [0.2, 0.25) is 5.88 Å². The van der Waals surface area contributed by atoms with Crippen LogP contribution in [0.2, 0.25) is 0 Å². The van der Waals surface area contributed by atoms with Crippen molar-refractivity contribution >= 4 is 6.03 Å². The number of urea groups is 1. The number of aromatic nitrogens is 1. The first-order chi connectivity index (χ1) is 15.6. The van der Waals surface area contributed by atoms with Gasteiger partial charge in [-0.2, -0.15) is 0 Å². The topological polar surface area (TPSA) is 67.6 Å². The SMILES string of the molecule is CC1CC1c1ccc(CN(C(=O)NCc2cccnc2Oc2cccc(F)c2)C2CC2)o1. The van der Waals surface area contributed by atoms with Crippen molar-refractivity contribution in [1.29, 1.82) is 0 Å². The Balaban J connectivity index is 1.23. The Morgan fingerprint density at radius 2 is 2.09 bits per heavy atom. The monoisotopic (exact) mass is 435 g/mol. The summed E-state index contributed by atoms with van der Waals surface area (Å²) < 4.78 is 25.2.